The first-order chi connectivity index (χ1) is 13.9. The Morgan fingerprint density at radius 3 is 2.41 bits per heavy atom. The summed E-state index contributed by atoms with van der Waals surface area (Å²) in [6.07, 6.45) is -1.05. The van der Waals surface area contributed by atoms with Crippen molar-refractivity contribution in [2.75, 3.05) is 13.1 Å². The summed E-state index contributed by atoms with van der Waals surface area (Å²) in [6, 6.07) is 14.8. The molecule has 7 nitrogen and oxygen atoms in total. The molecule has 1 amide bonds. The van der Waals surface area contributed by atoms with Crippen LogP contribution in [0.1, 0.15) is 35.2 Å². The van der Waals surface area contributed by atoms with Gasteiger partial charge in [-0.1, -0.05) is 30.3 Å². The number of benzene rings is 2. The third kappa shape index (κ3) is 4.43. The zero-order chi connectivity index (χ0) is 21.0. The van der Waals surface area contributed by atoms with E-state index < -0.39 is 17.0 Å². The Balaban J connectivity index is 1.91. The van der Waals surface area contributed by atoms with E-state index in [1.807, 2.05) is 19.9 Å². The van der Waals surface area contributed by atoms with E-state index in [0.29, 0.717) is 24.0 Å². The monoisotopic (exact) mass is 412 g/mol. The standard InChI is InChI=1S/C21H20N2O5S/c1-3-22(4-2)20(24)19(14-8-6-5-7-9-14)28-21(25)18-13-15-12-16(23(26)27)10-11-17(15)29-18/h5-13,19H,3-4H2,1-2H3/t19-/m0/s1. The van der Waals surface area contributed by atoms with E-state index in [1.54, 1.807) is 41.3 Å². The van der Waals surface area contributed by atoms with E-state index in [0.717, 1.165) is 4.70 Å². The number of likely N-dealkylation sites (N-methyl/N-ethyl adjacent to an activating group) is 1. The van der Waals surface area contributed by atoms with Crippen LogP contribution in [0.5, 0.6) is 0 Å². The molecule has 150 valence electrons. The molecule has 0 aliphatic carbocycles. The van der Waals surface area contributed by atoms with Crippen LogP contribution in [0.2, 0.25) is 0 Å². The lowest BCUT2D eigenvalue weighted by atomic mass is 10.1. The molecule has 0 N–H and O–H groups in total. The van der Waals surface area contributed by atoms with Crippen LogP contribution in [0.25, 0.3) is 10.1 Å². The number of hydrogen-bond acceptors (Lipinski definition) is 6. The quantitative estimate of drug-likeness (QED) is 0.322. The average Bonchev–Trinajstić information content (AvgIpc) is 3.16. The van der Waals surface area contributed by atoms with Crippen molar-refractivity contribution < 1.29 is 19.2 Å². The van der Waals surface area contributed by atoms with Crippen molar-refractivity contribution in [2.24, 2.45) is 0 Å². The number of ether oxygens (including phenoxy) is 1. The summed E-state index contributed by atoms with van der Waals surface area (Å²) in [6.45, 7) is 4.74. The van der Waals surface area contributed by atoms with Gasteiger partial charge in [0.25, 0.3) is 11.6 Å². The van der Waals surface area contributed by atoms with Crippen LogP contribution in [0.3, 0.4) is 0 Å². The number of carbonyl (C=O) groups is 2. The summed E-state index contributed by atoms with van der Waals surface area (Å²) in [5.74, 6) is -0.922. The molecule has 29 heavy (non-hydrogen) atoms. The first-order valence-electron chi connectivity index (χ1n) is 9.17. The van der Waals surface area contributed by atoms with Crippen molar-refractivity contribution in [2.45, 2.75) is 20.0 Å². The van der Waals surface area contributed by atoms with E-state index >= 15 is 0 Å². The van der Waals surface area contributed by atoms with Crippen molar-refractivity contribution in [1.29, 1.82) is 0 Å². The van der Waals surface area contributed by atoms with Gasteiger partial charge in [0.15, 0.2) is 0 Å². The summed E-state index contributed by atoms with van der Waals surface area (Å²) in [7, 11) is 0. The van der Waals surface area contributed by atoms with Crippen LogP contribution in [0, 0.1) is 10.1 Å². The minimum atomic E-state index is -1.05. The molecule has 0 bridgehead atoms. The van der Waals surface area contributed by atoms with Crippen molar-refractivity contribution in [1.82, 2.24) is 4.90 Å². The van der Waals surface area contributed by atoms with Crippen molar-refractivity contribution in [3.63, 3.8) is 0 Å². The summed E-state index contributed by atoms with van der Waals surface area (Å²) < 4.78 is 6.35. The van der Waals surface area contributed by atoms with Gasteiger partial charge in [-0.2, -0.15) is 0 Å². The molecule has 3 rings (SSSR count). The maximum Gasteiger partial charge on any atom is 0.349 e. The number of non-ortho nitro benzene ring substituents is 1. The fraction of sp³-hybridized carbons (Fsp3) is 0.238. The van der Waals surface area contributed by atoms with Crippen LogP contribution in [0.15, 0.2) is 54.6 Å². The number of rotatable bonds is 7. The van der Waals surface area contributed by atoms with Gasteiger partial charge in [0, 0.05) is 40.9 Å². The van der Waals surface area contributed by atoms with Gasteiger partial charge in [-0.3, -0.25) is 14.9 Å². The SMILES string of the molecule is CCN(CC)C(=O)[C@@H](OC(=O)c1cc2cc([N+](=O)[O-])ccc2s1)c1ccccc1. The summed E-state index contributed by atoms with van der Waals surface area (Å²) in [5, 5.41) is 11.5. The Morgan fingerprint density at radius 1 is 1.10 bits per heavy atom. The van der Waals surface area contributed by atoms with E-state index in [2.05, 4.69) is 0 Å². The van der Waals surface area contributed by atoms with Gasteiger partial charge >= 0.3 is 5.97 Å². The number of amides is 1. The lowest BCUT2D eigenvalue weighted by Gasteiger charge is -2.25. The third-order valence-corrected chi connectivity index (χ3v) is 5.63. The molecule has 2 aromatic carbocycles. The molecule has 1 atom stereocenters. The predicted molar refractivity (Wildman–Crippen MR) is 111 cm³/mol. The summed E-state index contributed by atoms with van der Waals surface area (Å²) >= 11 is 1.17. The fourth-order valence-electron chi connectivity index (χ4n) is 3.00. The highest BCUT2D eigenvalue weighted by molar-refractivity contribution is 7.20. The fourth-order valence-corrected chi connectivity index (χ4v) is 3.93. The molecule has 1 heterocycles. The van der Waals surface area contributed by atoms with E-state index in [1.165, 1.54) is 23.5 Å². The van der Waals surface area contributed by atoms with Gasteiger partial charge in [0.2, 0.25) is 6.10 Å². The van der Waals surface area contributed by atoms with Gasteiger partial charge in [-0.05, 0) is 26.0 Å². The second kappa shape index (κ2) is 8.83. The maximum atomic E-state index is 12.9. The topological polar surface area (TPSA) is 89.8 Å². The zero-order valence-electron chi connectivity index (χ0n) is 16.0. The molecule has 0 unspecified atom stereocenters. The molecule has 3 aromatic rings. The van der Waals surface area contributed by atoms with Crippen LogP contribution in [0.4, 0.5) is 5.69 Å². The van der Waals surface area contributed by atoms with Crippen LogP contribution in [-0.4, -0.2) is 34.8 Å². The number of hydrogen-bond donors (Lipinski definition) is 0. The second-order valence-electron chi connectivity index (χ2n) is 6.30. The number of carbonyl (C=O) groups excluding carboxylic acids is 2. The highest BCUT2D eigenvalue weighted by Gasteiger charge is 2.29. The zero-order valence-corrected chi connectivity index (χ0v) is 16.8. The minimum absolute atomic E-state index is 0.0471. The predicted octanol–water partition coefficient (Wildman–Crippen LogP) is 4.58. The summed E-state index contributed by atoms with van der Waals surface area (Å²) in [5.41, 5.74) is 0.545. The van der Waals surface area contributed by atoms with Gasteiger partial charge in [0.05, 0.1) is 4.92 Å². The smallest absolute Gasteiger partial charge is 0.349 e. The lowest BCUT2D eigenvalue weighted by Crippen LogP contribution is -2.36. The largest absolute Gasteiger partial charge is 0.443 e. The molecule has 0 saturated heterocycles. The number of nitrogens with zero attached hydrogens (tertiary/aromatic N) is 2. The molecule has 0 saturated carbocycles. The maximum absolute atomic E-state index is 12.9. The molecule has 0 aliphatic rings. The normalized spacial score (nSPS) is 11.8. The highest BCUT2D eigenvalue weighted by atomic mass is 32.1. The van der Waals surface area contributed by atoms with E-state index in [4.69, 9.17) is 4.74 Å². The Morgan fingerprint density at radius 2 is 1.79 bits per heavy atom. The highest BCUT2D eigenvalue weighted by Crippen LogP contribution is 2.31. The Bertz CT molecular complexity index is 1040. The van der Waals surface area contributed by atoms with E-state index in [9.17, 15) is 19.7 Å². The first kappa shape index (κ1) is 20.5. The Labute approximate surface area is 171 Å². The Hall–Kier alpha value is -3.26. The van der Waals surface area contributed by atoms with Crippen LogP contribution >= 0.6 is 11.3 Å². The molecule has 0 spiro atoms. The molecule has 0 aliphatic heterocycles. The van der Waals surface area contributed by atoms with Crippen molar-refractivity contribution in [3.8, 4) is 0 Å². The van der Waals surface area contributed by atoms with Gasteiger partial charge in [-0.25, -0.2) is 4.79 Å². The van der Waals surface area contributed by atoms with E-state index in [-0.39, 0.29) is 16.5 Å². The van der Waals surface area contributed by atoms with Gasteiger partial charge in [-0.15, -0.1) is 11.3 Å². The molecular formula is C21H20N2O5S. The number of fused-ring (bicyclic) bond motifs is 1. The first-order valence-corrected chi connectivity index (χ1v) is 9.99. The van der Waals surface area contributed by atoms with Crippen LogP contribution in [-0.2, 0) is 9.53 Å². The molecular weight excluding hydrogens is 392 g/mol. The molecule has 0 fully saturated rings. The average molecular weight is 412 g/mol. The second-order valence-corrected chi connectivity index (χ2v) is 7.38. The van der Waals surface area contributed by atoms with Crippen molar-refractivity contribution >= 4 is 39.0 Å². The Kier molecular flexibility index (Phi) is 6.23. The third-order valence-electron chi connectivity index (χ3n) is 4.54. The van der Waals surface area contributed by atoms with Crippen molar-refractivity contribution in [3.05, 3.63) is 75.2 Å². The summed E-state index contributed by atoms with van der Waals surface area (Å²) in [4.78, 5) is 38.1. The van der Waals surface area contributed by atoms with Crippen LogP contribution < -0.4 is 0 Å². The van der Waals surface area contributed by atoms with Gasteiger partial charge < -0.3 is 9.64 Å². The molecule has 1 aromatic heterocycles. The minimum Gasteiger partial charge on any atom is -0.443 e. The molecule has 0 radical (unpaired) electrons. The number of nitro benzene ring substituents is 1. The lowest BCUT2D eigenvalue weighted by molar-refractivity contribution is -0.384. The molecule has 8 heteroatoms. The number of esters is 1. The number of thiophene rings is 1. The van der Waals surface area contributed by atoms with Gasteiger partial charge in [0.1, 0.15) is 4.88 Å². The number of nitro groups is 1.